The lowest BCUT2D eigenvalue weighted by atomic mass is 9.91. The summed E-state index contributed by atoms with van der Waals surface area (Å²) in [7, 11) is 0. The highest BCUT2D eigenvalue weighted by atomic mass is 14.8. The second-order valence-corrected chi connectivity index (χ2v) is 6.00. The van der Waals surface area contributed by atoms with Crippen molar-refractivity contribution in [1.29, 1.82) is 0 Å². The van der Waals surface area contributed by atoms with E-state index in [0.717, 1.165) is 6.42 Å². The summed E-state index contributed by atoms with van der Waals surface area (Å²) >= 11 is 0. The van der Waals surface area contributed by atoms with Crippen LogP contribution in [-0.2, 0) is 0 Å². The van der Waals surface area contributed by atoms with Crippen molar-refractivity contribution in [2.75, 3.05) is 0 Å². The van der Waals surface area contributed by atoms with Crippen molar-refractivity contribution in [3.63, 3.8) is 0 Å². The summed E-state index contributed by atoms with van der Waals surface area (Å²) in [6.45, 7) is 10.3. The minimum Gasteiger partial charge on any atom is -0.289 e. The van der Waals surface area contributed by atoms with Crippen LogP contribution in [0.25, 0.3) is 10.8 Å². The van der Waals surface area contributed by atoms with E-state index >= 15 is 0 Å². The summed E-state index contributed by atoms with van der Waals surface area (Å²) in [4.78, 5) is 4.76. The Hall–Kier alpha value is -1.89. The van der Waals surface area contributed by atoms with Crippen molar-refractivity contribution in [3.05, 3.63) is 60.7 Å². The van der Waals surface area contributed by atoms with Gasteiger partial charge in [0.05, 0.1) is 6.04 Å². The Bertz CT molecular complexity index is 617. The largest absolute Gasteiger partial charge is 0.289 e. The number of fused-ring (bicyclic) bond motifs is 1. The molecular formula is C19H23N. The number of nitrogens with zero attached hydrogens (tertiary/aromatic N) is 1. The second-order valence-electron chi connectivity index (χ2n) is 6.00. The number of allylic oxidation sites excluding steroid dienone is 1. The van der Waals surface area contributed by atoms with Gasteiger partial charge in [0.25, 0.3) is 0 Å². The molecule has 0 aromatic heterocycles. The summed E-state index contributed by atoms with van der Waals surface area (Å²) in [5.41, 5.74) is 1.36. The van der Waals surface area contributed by atoms with Crippen LogP contribution >= 0.6 is 0 Å². The van der Waals surface area contributed by atoms with E-state index in [1.54, 1.807) is 0 Å². The lowest BCUT2D eigenvalue weighted by Gasteiger charge is -2.18. The van der Waals surface area contributed by atoms with Gasteiger partial charge in [-0.25, -0.2) is 0 Å². The molecule has 1 atom stereocenters. The van der Waals surface area contributed by atoms with E-state index in [0.29, 0.717) is 0 Å². The third-order valence-electron chi connectivity index (χ3n) is 3.59. The van der Waals surface area contributed by atoms with Gasteiger partial charge in [0.1, 0.15) is 0 Å². The predicted molar refractivity (Wildman–Crippen MR) is 89.5 cm³/mol. The Kier molecular flexibility index (Phi) is 4.39. The van der Waals surface area contributed by atoms with Gasteiger partial charge in [-0.2, -0.15) is 0 Å². The fourth-order valence-electron chi connectivity index (χ4n) is 2.43. The van der Waals surface area contributed by atoms with Gasteiger partial charge in [-0.15, -0.1) is 6.58 Å². The zero-order valence-electron chi connectivity index (χ0n) is 12.6. The van der Waals surface area contributed by atoms with E-state index < -0.39 is 0 Å². The first kappa shape index (κ1) is 14.5. The molecule has 0 N–H and O–H groups in total. The summed E-state index contributed by atoms with van der Waals surface area (Å²) in [6, 6.07) is 15.1. The van der Waals surface area contributed by atoms with Crippen LogP contribution in [-0.4, -0.2) is 6.21 Å². The molecule has 0 saturated heterocycles. The molecule has 0 saturated carbocycles. The Morgan fingerprint density at radius 1 is 1.15 bits per heavy atom. The zero-order valence-corrected chi connectivity index (χ0v) is 12.6. The first-order chi connectivity index (χ1) is 9.53. The van der Waals surface area contributed by atoms with Crippen LogP contribution in [0.5, 0.6) is 0 Å². The van der Waals surface area contributed by atoms with E-state index in [2.05, 4.69) is 76.0 Å². The summed E-state index contributed by atoms with van der Waals surface area (Å²) < 4.78 is 0. The molecule has 0 amide bonds. The third kappa shape index (κ3) is 3.36. The molecule has 1 nitrogen and oxygen atoms in total. The SMILES string of the molecule is C=CCC(C)(C)C=NC(C)c1cccc2ccccc12. The number of hydrogen-bond donors (Lipinski definition) is 0. The van der Waals surface area contributed by atoms with E-state index in [9.17, 15) is 0 Å². The highest BCUT2D eigenvalue weighted by Crippen LogP contribution is 2.27. The van der Waals surface area contributed by atoms with Gasteiger partial charge in [-0.05, 0) is 29.7 Å². The van der Waals surface area contributed by atoms with Crippen LogP contribution in [0.3, 0.4) is 0 Å². The molecule has 0 radical (unpaired) electrons. The van der Waals surface area contributed by atoms with Crippen molar-refractivity contribution in [2.45, 2.75) is 33.2 Å². The van der Waals surface area contributed by atoms with Crippen molar-refractivity contribution in [3.8, 4) is 0 Å². The summed E-state index contributed by atoms with van der Waals surface area (Å²) in [6.07, 6.45) is 4.97. The molecule has 0 bridgehead atoms. The second kappa shape index (κ2) is 6.04. The minimum atomic E-state index is 0.0700. The molecule has 0 heterocycles. The maximum absolute atomic E-state index is 4.76. The Morgan fingerprint density at radius 2 is 1.85 bits per heavy atom. The van der Waals surface area contributed by atoms with Gasteiger partial charge in [-0.1, -0.05) is 62.4 Å². The third-order valence-corrected chi connectivity index (χ3v) is 3.59. The molecule has 104 valence electrons. The quantitative estimate of drug-likeness (QED) is 0.495. The van der Waals surface area contributed by atoms with E-state index in [1.165, 1.54) is 16.3 Å². The predicted octanol–water partition coefficient (Wildman–Crippen LogP) is 5.57. The van der Waals surface area contributed by atoms with Crippen molar-refractivity contribution in [2.24, 2.45) is 10.4 Å². The fourth-order valence-corrected chi connectivity index (χ4v) is 2.43. The monoisotopic (exact) mass is 265 g/mol. The zero-order chi connectivity index (χ0) is 14.6. The standard InChI is InChI=1S/C19H23N/c1-5-13-19(3,4)14-20-15(2)17-12-8-10-16-9-6-7-11-18(16)17/h5-12,14-15H,1,13H2,2-4H3. The van der Waals surface area contributed by atoms with Crippen molar-refractivity contribution >= 4 is 17.0 Å². The molecular weight excluding hydrogens is 242 g/mol. The van der Waals surface area contributed by atoms with Crippen molar-refractivity contribution < 1.29 is 0 Å². The first-order valence-electron chi connectivity index (χ1n) is 7.16. The lowest BCUT2D eigenvalue weighted by molar-refractivity contribution is 0.541. The number of hydrogen-bond acceptors (Lipinski definition) is 1. The van der Waals surface area contributed by atoms with Gasteiger partial charge in [0, 0.05) is 11.6 Å². The summed E-state index contributed by atoms with van der Waals surface area (Å²) in [5, 5.41) is 2.57. The molecule has 0 aliphatic heterocycles. The fraction of sp³-hybridized carbons (Fsp3) is 0.316. The van der Waals surface area contributed by atoms with Crippen LogP contribution in [0.1, 0.15) is 38.8 Å². The molecule has 2 aromatic rings. The molecule has 2 aromatic carbocycles. The molecule has 0 spiro atoms. The highest BCUT2D eigenvalue weighted by molar-refractivity contribution is 5.86. The Morgan fingerprint density at radius 3 is 2.60 bits per heavy atom. The van der Waals surface area contributed by atoms with Gasteiger partial charge in [0.2, 0.25) is 0 Å². The lowest BCUT2D eigenvalue weighted by Crippen LogP contribution is -2.12. The van der Waals surface area contributed by atoms with Gasteiger partial charge < -0.3 is 0 Å². The van der Waals surface area contributed by atoms with Crippen LogP contribution in [0.15, 0.2) is 60.1 Å². The smallest absolute Gasteiger partial charge is 0.0723 e. The highest BCUT2D eigenvalue weighted by Gasteiger charge is 2.14. The van der Waals surface area contributed by atoms with E-state index in [-0.39, 0.29) is 11.5 Å². The molecule has 0 aliphatic carbocycles. The maximum Gasteiger partial charge on any atom is 0.0723 e. The van der Waals surface area contributed by atoms with Crippen molar-refractivity contribution in [1.82, 2.24) is 0 Å². The number of aliphatic imine (C=N–C) groups is 1. The summed E-state index contributed by atoms with van der Waals surface area (Å²) in [5.74, 6) is 0. The van der Waals surface area contributed by atoms with Gasteiger partial charge >= 0.3 is 0 Å². The van der Waals surface area contributed by atoms with E-state index in [4.69, 9.17) is 4.99 Å². The Balaban J connectivity index is 2.30. The molecule has 20 heavy (non-hydrogen) atoms. The maximum atomic E-state index is 4.76. The normalized spacial score (nSPS) is 13.8. The van der Waals surface area contributed by atoms with Crippen LogP contribution < -0.4 is 0 Å². The van der Waals surface area contributed by atoms with Crippen LogP contribution in [0, 0.1) is 5.41 Å². The average molecular weight is 265 g/mol. The van der Waals surface area contributed by atoms with Gasteiger partial charge in [-0.3, -0.25) is 4.99 Å². The topological polar surface area (TPSA) is 12.4 Å². The molecule has 1 unspecified atom stereocenters. The molecule has 2 rings (SSSR count). The van der Waals surface area contributed by atoms with Gasteiger partial charge in [0.15, 0.2) is 0 Å². The molecule has 0 aliphatic rings. The average Bonchev–Trinajstić information content (AvgIpc) is 2.44. The number of rotatable bonds is 5. The minimum absolute atomic E-state index is 0.0700. The number of benzene rings is 2. The molecule has 1 heteroatoms. The van der Waals surface area contributed by atoms with E-state index in [1.807, 2.05) is 6.08 Å². The Labute approximate surface area is 122 Å². The first-order valence-corrected chi connectivity index (χ1v) is 7.16. The van der Waals surface area contributed by atoms with Crippen LogP contribution in [0.4, 0.5) is 0 Å². The molecule has 0 fully saturated rings. The van der Waals surface area contributed by atoms with Crippen LogP contribution in [0.2, 0.25) is 0 Å².